The molecule has 0 saturated heterocycles. The van der Waals surface area contributed by atoms with Crippen molar-refractivity contribution in [1.82, 2.24) is 0 Å². The van der Waals surface area contributed by atoms with Crippen LogP contribution < -0.4 is 5.32 Å². The van der Waals surface area contributed by atoms with E-state index in [1.165, 1.54) is 18.3 Å². The van der Waals surface area contributed by atoms with Crippen molar-refractivity contribution in [2.75, 3.05) is 5.32 Å². The smallest absolute Gasteiger partial charge is 0.348 e. The molecule has 1 heterocycles. The lowest BCUT2D eigenvalue weighted by Gasteiger charge is -2.12. The molecule has 4 nitrogen and oxygen atoms in total. The van der Waals surface area contributed by atoms with Crippen LogP contribution in [-0.4, -0.2) is 17.0 Å². The molecule has 1 amide bonds. The average Bonchev–Trinajstić information content (AvgIpc) is 2.57. The molecule has 86 valence electrons. The molecule has 0 radical (unpaired) electrons. The second kappa shape index (κ2) is 4.25. The van der Waals surface area contributed by atoms with Gasteiger partial charge in [0.1, 0.15) is 4.88 Å². The Hall–Kier alpha value is -1.36. The number of hydrogen-bond donors (Lipinski definition) is 2. The summed E-state index contributed by atoms with van der Waals surface area (Å²) in [4.78, 5) is 23.5. The van der Waals surface area contributed by atoms with Crippen molar-refractivity contribution in [2.24, 2.45) is 0 Å². The van der Waals surface area contributed by atoms with Crippen molar-refractivity contribution >= 4 is 28.9 Å². The summed E-state index contributed by atoms with van der Waals surface area (Å²) in [6.45, 7) is 1.40. The molecule has 0 saturated carbocycles. The predicted molar refractivity (Wildman–Crippen MR) is 62.2 cm³/mol. The number of anilines is 1. The lowest BCUT2D eigenvalue weighted by molar-refractivity contribution is -0.114. The minimum absolute atomic E-state index is 0.214. The van der Waals surface area contributed by atoms with Crippen molar-refractivity contribution in [1.29, 1.82) is 0 Å². The molecule has 0 aromatic carbocycles. The number of fused-ring (bicyclic) bond motifs is 1. The third-order valence-electron chi connectivity index (χ3n) is 2.67. The van der Waals surface area contributed by atoms with Crippen molar-refractivity contribution in [3.8, 4) is 0 Å². The van der Waals surface area contributed by atoms with Crippen LogP contribution in [0, 0.1) is 0 Å². The number of carbonyl (C=O) groups is 2. The van der Waals surface area contributed by atoms with E-state index in [-0.39, 0.29) is 10.8 Å². The highest BCUT2D eigenvalue weighted by Crippen LogP contribution is 2.38. The lowest BCUT2D eigenvalue weighted by Crippen LogP contribution is -2.11. The molecule has 1 aromatic rings. The maximum absolute atomic E-state index is 11.1. The number of rotatable bonds is 2. The first-order chi connectivity index (χ1) is 7.59. The number of carboxylic acid groups (broad SMARTS) is 1. The Balaban J connectivity index is 2.48. The molecular formula is C11H13NO3S. The van der Waals surface area contributed by atoms with E-state index >= 15 is 0 Å². The highest BCUT2D eigenvalue weighted by molar-refractivity contribution is 7.14. The second-order valence-electron chi connectivity index (χ2n) is 3.90. The van der Waals surface area contributed by atoms with E-state index in [1.54, 1.807) is 0 Å². The molecule has 0 atom stereocenters. The summed E-state index contributed by atoms with van der Waals surface area (Å²) >= 11 is 1.30. The van der Waals surface area contributed by atoms with Gasteiger partial charge in [0.05, 0.1) is 5.69 Å². The zero-order valence-electron chi connectivity index (χ0n) is 9.00. The zero-order chi connectivity index (χ0) is 11.7. The normalized spacial score (nSPS) is 14.3. The van der Waals surface area contributed by atoms with Gasteiger partial charge in [-0.1, -0.05) is 0 Å². The van der Waals surface area contributed by atoms with Gasteiger partial charge in [0.15, 0.2) is 0 Å². The van der Waals surface area contributed by atoms with E-state index in [4.69, 9.17) is 5.11 Å². The van der Waals surface area contributed by atoms with Crippen LogP contribution in [0.2, 0.25) is 0 Å². The fraction of sp³-hybridized carbons (Fsp3) is 0.455. The van der Waals surface area contributed by atoms with Gasteiger partial charge in [0.2, 0.25) is 5.91 Å². The van der Waals surface area contributed by atoms with Crippen LogP contribution >= 0.6 is 11.3 Å². The molecule has 0 unspecified atom stereocenters. The molecule has 1 aliphatic carbocycles. The summed E-state index contributed by atoms with van der Waals surface area (Å²) in [5, 5.41) is 11.7. The minimum atomic E-state index is -0.955. The van der Waals surface area contributed by atoms with Gasteiger partial charge in [-0.25, -0.2) is 4.79 Å². The van der Waals surface area contributed by atoms with Crippen molar-refractivity contribution < 1.29 is 14.7 Å². The van der Waals surface area contributed by atoms with Crippen LogP contribution in [-0.2, 0) is 17.6 Å². The highest BCUT2D eigenvalue weighted by atomic mass is 32.1. The first kappa shape index (κ1) is 11.1. The quantitative estimate of drug-likeness (QED) is 0.832. The van der Waals surface area contributed by atoms with Gasteiger partial charge in [-0.15, -0.1) is 11.3 Å². The van der Waals surface area contributed by atoms with Gasteiger partial charge < -0.3 is 10.4 Å². The summed E-state index contributed by atoms with van der Waals surface area (Å²) in [6.07, 6.45) is 3.97. The van der Waals surface area contributed by atoms with E-state index in [0.717, 1.165) is 36.1 Å². The Morgan fingerprint density at radius 1 is 1.31 bits per heavy atom. The Morgan fingerprint density at radius 2 is 2.00 bits per heavy atom. The molecule has 1 aliphatic rings. The molecule has 0 bridgehead atoms. The number of nitrogens with one attached hydrogen (secondary N) is 1. The Bertz CT molecular complexity index is 450. The Kier molecular flexibility index (Phi) is 2.96. The SMILES string of the molecule is CC(=O)Nc1c(C(=O)O)sc2c1CCCC2. The molecule has 2 rings (SSSR count). The van der Waals surface area contributed by atoms with E-state index < -0.39 is 5.97 Å². The summed E-state index contributed by atoms with van der Waals surface area (Å²) < 4.78 is 0. The first-order valence-corrected chi connectivity index (χ1v) is 6.06. The molecule has 0 fully saturated rings. The number of aryl methyl sites for hydroxylation is 1. The number of carboxylic acids is 1. The minimum Gasteiger partial charge on any atom is -0.477 e. The molecule has 16 heavy (non-hydrogen) atoms. The van der Waals surface area contributed by atoms with Gasteiger partial charge in [0.25, 0.3) is 0 Å². The van der Waals surface area contributed by atoms with Gasteiger partial charge in [-0.2, -0.15) is 0 Å². The maximum Gasteiger partial charge on any atom is 0.348 e. The van der Waals surface area contributed by atoms with Gasteiger partial charge in [-0.05, 0) is 31.2 Å². The largest absolute Gasteiger partial charge is 0.477 e. The first-order valence-electron chi connectivity index (χ1n) is 5.25. The topological polar surface area (TPSA) is 66.4 Å². The number of hydrogen-bond acceptors (Lipinski definition) is 3. The predicted octanol–water partition coefficient (Wildman–Crippen LogP) is 2.28. The molecule has 5 heteroatoms. The van der Waals surface area contributed by atoms with E-state index in [1.807, 2.05) is 0 Å². The number of carbonyl (C=O) groups excluding carboxylic acids is 1. The monoisotopic (exact) mass is 239 g/mol. The van der Waals surface area contributed by atoms with Gasteiger partial charge >= 0.3 is 5.97 Å². The van der Waals surface area contributed by atoms with Crippen LogP contribution in [0.5, 0.6) is 0 Å². The fourth-order valence-corrected chi connectivity index (χ4v) is 3.21. The van der Waals surface area contributed by atoms with Crippen molar-refractivity contribution in [2.45, 2.75) is 32.6 Å². The third kappa shape index (κ3) is 1.95. The molecular weight excluding hydrogens is 226 g/mol. The van der Waals surface area contributed by atoms with E-state index in [9.17, 15) is 9.59 Å². The molecule has 0 spiro atoms. The number of amides is 1. The van der Waals surface area contributed by atoms with E-state index in [0.29, 0.717) is 5.69 Å². The molecule has 0 aliphatic heterocycles. The summed E-state index contributed by atoms with van der Waals surface area (Å²) in [7, 11) is 0. The lowest BCUT2D eigenvalue weighted by atomic mass is 9.97. The molecule has 2 N–H and O–H groups in total. The standard InChI is InChI=1S/C11H13NO3S/c1-6(13)12-9-7-4-2-3-5-8(7)16-10(9)11(14)15/h2-5H2,1H3,(H,12,13)(H,14,15). The fourth-order valence-electron chi connectivity index (χ4n) is 2.02. The van der Waals surface area contributed by atoms with Crippen molar-refractivity contribution in [3.05, 3.63) is 15.3 Å². The average molecular weight is 239 g/mol. The third-order valence-corrected chi connectivity index (χ3v) is 3.95. The van der Waals surface area contributed by atoms with Crippen LogP contribution in [0.4, 0.5) is 5.69 Å². The second-order valence-corrected chi connectivity index (χ2v) is 5.01. The van der Waals surface area contributed by atoms with Crippen LogP contribution in [0.1, 0.15) is 39.9 Å². The Morgan fingerprint density at radius 3 is 2.62 bits per heavy atom. The van der Waals surface area contributed by atoms with E-state index in [2.05, 4.69) is 5.32 Å². The van der Waals surface area contributed by atoms with Crippen molar-refractivity contribution in [3.63, 3.8) is 0 Å². The Labute approximate surface area is 97.3 Å². The maximum atomic E-state index is 11.1. The molecule has 1 aromatic heterocycles. The van der Waals surface area contributed by atoms with Crippen LogP contribution in [0.3, 0.4) is 0 Å². The number of thiophene rings is 1. The summed E-state index contributed by atoms with van der Waals surface area (Å²) in [5.74, 6) is -1.17. The van der Waals surface area contributed by atoms with Gasteiger partial charge in [-0.3, -0.25) is 4.79 Å². The van der Waals surface area contributed by atoms with Crippen LogP contribution in [0.25, 0.3) is 0 Å². The summed E-state index contributed by atoms with van der Waals surface area (Å²) in [5.41, 5.74) is 1.56. The highest BCUT2D eigenvalue weighted by Gasteiger charge is 2.24. The number of aromatic carboxylic acids is 1. The van der Waals surface area contributed by atoms with Crippen LogP contribution in [0.15, 0.2) is 0 Å². The summed E-state index contributed by atoms with van der Waals surface area (Å²) in [6, 6.07) is 0. The zero-order valence-corrected chi connectivity index (χ0v) is 9.82. The van der Waals surface area contributed by atoms with Gasteiger partial charge in [0, 0.05) is 11.8 Å².